The minimum atomic E-state index is -0.982. The Labute approximate surface area is 118 Å². The topological polar surface area (TPSA) is 32.3 Å². The van der Waals surface area contributed by atoms with Gasteiger partial charge in [-0.2, -0.15) is 0 Å². The van der Waals surface area contributed by atoms with E-state index in [1.807, 2.05) is 0 Å². The zero-order valence-corrected chi connectivity index (χ0v) is 11.8. The highest BCUT2D eigenvalue weighted by atomic mass is 19.2. The molecule has 3 nitrogen and oxygen atoms in total. The van der Waals surface area contributed by atoms with Crippen LogP contribution >= 0.6 is 0 Å². The summed E-state index contributed by atoms with van der Waals surface area (Å²) < 4.78 is 26.2. The van der Waals surface area contributed by atoms with Gasteiger partial charge in [-0.05, 0) is 37.1 Å². The fraction of sp³-hybridized carbons (Fsp3) is 0.533. The first-order valence-electron chi connectivity index (χ1n) is 6.96. The summed E-state index contributed by atoms with van der Waals surface area (Å²) in [6.07, 6.45) is 0.860. The standard InChI is InChI=1S/C15H20F2N2O/c1-10(2)14-9-19(7-3-6-18-14)15(20)11-4-5-12(16)13(17)8-11/h4-5,8,10,14,18H,3,6-7,9H2,1-2H3. The molecular formula is C15H20F2N2O. The number of benzene rings is 1. The molecule has 110 valence electrons. The average Bonchev–Trinajstić information content (AvgIpc) is 2.67. The summed E-state index contributed by atoms with van der Waals surface area (Å²) in [5, 5.41) is 3.41. The minimum absolute atomic E-state index is 0.202. The van der Waals surface area contributed by atoms with E-state index in [1.54, 1.807) is 4.90 Å². The maximum atomic E-state index is 13.2. The largest absolute Gasteiger partial charge is 0.337 e. The molecule has 1 atom stereocenters. The molecule has 1 N–H and O–H groups in total. The highest BCUT2D eigenvalue weighted by Crippen LogP contribution is 2.14. The Hall–Kier alpha value is -1.49. The zero-order valence-electron chi connectivity index (χ0n) is 11.8. The molecule has 1 aromatic rings. The predicted octanol–water partition coefficient (Wildman–Crippen LogP) is 2.42. The van der Waals surface area contributed by atoms with Gasteiger partial charge >= 0.3 is 0 Å². The molecular weight excluding hydrogens is 262 g/mol. The lowest BCUT2D eigenvalue weighted by molar-refractivity contribution is 0.0745. The van der Waals surface area contributed by atoms with E-state index in [-0.39, 0.29) is 17.5 Å². The normalized spacial score (nSPS) is 20.1. The second-order valence-electron chi connectivity index (χ2n) is 5.54. The summed E-state index contributed by atoms with van der Waals surface area (Å²) in [7, 11) is 0. The number of carbonyl (C=O) groups is 1. The maximum Gasteiger partial charge on any atom is 0.254 e. The van der Waals surface area contributed by atoms with Gasteiger partial charge in [0.15, 0.2) is 11.6 Å². The van der Waals surface area contributed by atoms with Gasteiger partial charge in [-0.1, -0.05) is 13.8 Å². The Morgan fingerprint density at radius 2 is 2.10 bits per heavy atom. The van der Waals surface area contributed by atoms with Crippen molar-refractivity contribution in [2.75, 3.05) is 19.6 Å². The van der Waals surface area contributed by atoms with Gasteiger partial charge < -0.3 is 10.2 Å². The van der Waals surface area contributed by atoms with E-state index in [0.29, 0.717) is 19.0 Å². The van der Waals surface area contributed by atoms with Crippen molar-refractivity contribution in [3.63, 3.8) is 0 Å². The third kappa shape index (κ3) is 3.33. The number of halogens is 2. The molecule has 1 aliphatic heterocycles. The molecule has 1 saturated heterocycles. The number of hydrogen-bond donors (Lipinski definition) is 1. The van der Waals surface area contributed by atoms with Gasteiger partial charge in [-0.15, -0.1) is 0 Å². The van der Waals surface area contributed by atoms with Crippen molar-refractivity contribution >= 4 is 5.91 Å². The highest BCUT2D eigenvalue weighted by Gasteiger charge is 2.24. The first-order chi connectivity index (χ1) is 9.49. The molecule has 1 aromatic carbocycles. The van der Waals surface area contributed by atoms with Crippen LogP contribution in [0.1, 0.15) is 30.6 Å². The Morgan fingerprint density at radius 3 is 2.75 bits per heavy atom. The Morgan fingerprint density at radius 1 is 1.35 bits per heavy atom. The fourth-order valence-corrected chi connectivity index (χ4v) is 2.39. The van der Waals surface area contributed by atoms with Gasteiger partial charge in [0.1, 0.15) is 0 Å². The number of nitrogens with zero attached hydrogens (tertiary/aromatic N) is 1. The van der Waals surface area contributed by atoms with Crippen molar-refractivity contribution in [1.29, 1.82) is 0 Å². The van der Waals surface area contributed by atoms with Crippen LogP contribution in [0.3, 0.4) is 0 Å². The highest BCUT2D eigenvalue weighted by molar-refractivity contribution is 5.94. The second-order valence-corrected chi connectivity index (χ2v) is 5.54. The van der Waals surface area contributed by atoms with E-state index in [1.165, 1.54) is 6.07 Å². The van der Waals surface area contributed by atoms with Crippen molar-refractivity contribution in [2.45, 2.75) is 26.3 Å². The summed E-state index contributed by atoms with van der Waals surface area (Å²) in [6.45, 7) is 6.29. The monoisotopic (exact) mass is 282 g/mol. The Bertz CT molecular complexity index is 491. The minimum Gasteiger partial charge on any atom is -0.337 e. The van der Waals surface area contributed by atoms with Crippen LogP contribution in [-0.4, -0.2) is 36.5 Å². The van der Waals surface area contributed by atoms with Crippen molar-refractivity contribution in [2.24, 2.45) is 5.92 Å². The van der Waals surface area contributed by atoms with Crippen LogP contribution in [0, 0.1) is 17.6 Å². The zero-order chi connectivity index (χ0) is 14.7. The van der Waals surface area contributed by atoms with E-state index < -0.39 is 11.6 Å². The molecule has 0 aliphatic carbocycles. The molecule has 0 saturated carbocycles. The van der Waals surface area contributed by atoms with E-state index in [4.69, 9.17) is 0 Å². The molecule has 2 rings (SSSR count). The first-order valence-corrected chi connectivity index (χ1v) is 6.96. The molecule has 0 bridgehead atoms. The van der Waals surface area contributed by atoms with Crippen molar-refractivity contribution in [1.82, 2.24) is 10.2 Å². The first kappa shape index (κ1) is 14.9. The van der Waals surface area contributed by atoms with Gasteiger partial charge in [0.2, 0.25) is 0 Å². The van der Waals surface area contributed by atoms with E-state index in [2.05, 4.69) is 19.2 Å². The van der Waals surface area contributed by atoms with Gasteiger partial charge in [0.25, 0.3) is 5.91 Å². The molecule has 5 heteroatoms. The van der Waals surface area contributed by atoms with Crippen molar-refractivity contribution in [3.8, 4) is 0 Å². The number of amides is 1. The van der Waals surface area contributed by atoms with Crippen LogP contribution in [0.25, 0.3) is 0 Å². The average molecular weight is 282 g/mol. The van der Waals surface area contributed by atoms with Crippen LogP contribution < -0.4 is 5.32 Å². The molecule has 20 heavy (non-hydrogen) atoms. The number of rotatable bonds is 2. The molecule has 0 spiro atoms. The predicted molar refractivity (Wildman–Crippen MR) is 73.5 cm³/mol. The third-order valence-corrected chi connectivity index (χ3v) is 3.69. The van der Waals surface area contributed by atoms with Gasteiger partial charge in [0.05, 0.1) is 0 Å². The summed E-state index contributed by atoms with van der Waals surface area (Å²) in [5.74, 6) is -1.74. The van der Waals surface area contributed by atoms with E-state index in [0.717, 1.165) is 25.1 Å². The van der Waals surface area contributed by atoms with E-state index in [9.17, 15) is 13.6 Å². The van der Waals surface area contributed by atoms with E-state index >= 15 is 0 Å². The smallest absolute Gasteiger partial charge is 0.254 e. The van der Waals surface area contributed by atoms with Crippen LogP contribution in [0.4, 0.5) is 8.78 Å². The second kappa shape index (κ2) is 6.31. The van der Waals surface area contributed by atoms with Crippen molar-refractivity contribution in [3.05, 3.63) is 35.4 Å². The molecule has 0 aromatic heterocycles. The molecule has 1 heterocycles. The number of hydrogen-bond acceptors (Lipinski definition) is 2. The number of carbonyl (C=O) groups excluding carboxylic acids is 1. The number of nitrogens with one attached hydrogen (secondary N) is 1. The lowest BCUT2D eigenvalue weighted by atomic mass is 10.0. The van der Waals surface area contributed by atoms with Gasteiger partial charge in [-0.25, -0.2) is 8.78 Å². The molecule has 1 amide bonds. The Kier molecular flexibility index (Phi) is 4.70. The molecule has 1 unspecified atom stereocenters. The molecule has 1 fully saturated rings. The van der Waals surface area contributed by atoms with Crippen molar-refractivity contribution < 1.29 is 13.6 Å². The molecule has 1 aliphatic rings. The summed E-state index contributed by atoms with van der Waals surface area (Å²) in [4.78, 5) is 14.1. The fourth-order valence-electron chi connectivity index (χ4n) is 2.39. The molecule has 0 radical (unpaired) electrons. The van der Waals surface area contributed by atoms with Gasteiger partial charge in [-0.3, -0.25) is 4.79 Å². The summed E-state index contributed by atoms with van der Waals surface area (Å²) >= 11 is 0. The lowest BCUT2D eigenvalue weighted by Crippen LogP contribution is -2.43. The summed E-state index contributed by atoms with van der Waals surface area (Å²) in [6, 6.07) is 3.54. The van der Waals surface area contributed by atoms with Crippen LogP contribution in [0.15, 0.2) is 18.2 Å². The quantitative estimate of drug-likeness (QED) is 0.903. The maximum absolute atomic E-state index is 13.2. The SMILES string of the molecule is CC(C)C1CN(C(=O)c2ccc(F)c(F)c2)CCCN1. The van der Waals surface area contributed by atoms with Crippen LogP contribution in [0.5, 0.6) is 0 Å². The summed E-state index contributed by atoms with van der Waals surface area (Å²) in [5.41, 5.74) is 0.202. The van der Waals surface area contributed by atoms with Crippen LogP contribution in [0.2, 0.25) is 0 Å². The Balaban J connectivity index is 2.16. The van der Waals surface area contributed by atoms with Crippen LogP contribution in [-0.2, 0) is 0 Å². The van der Waals surface area contributed by atoms with Gasteiger partial charge in [0, 0.05) is 24.7 Å². The lowest BCUT2D eigenvalue weighted by Gasteiger charge is -2.27. The third-order valence-electron chi connectivity index (χ3n) is 3.69.